The quantitative estimate of drug-likeness (QED) is 0.0360. The third-order valence-corrected chi connectivity index (χ3v) is 16.3. The smallest absolute Gasteiger partial charge is 0.329 e. The van der Waals surface area contributed by atoms with Crippen LogP contribution in [-0.4, -0.2) is 201 Å². The first-order valence-electron chi connectivity index (χ1n) is 28.9. The Morgan fingerprint density at radius 2 is 1.49 bits per heavy atom. The second-order valence-electron chi connectivity index (χ2n) is 22.4. The monoisotopic (exact) mass is 1150 g/mol. The van der Waals surface area contributed by atoms with E-state index in [1.165, 1.54) is 0 Å². The summed E-state index contributed by atoms with van der Waals surface area (Å²) in [6.45, 7) is 14.2. The molecule has 21 heteroatoms. The zero-order valence-corrected chi connectivity index (χ0v) is 49.8. The zero-order chi connectivity index (χ0) is 58.9. The maximum absolute atomic E-state index is 14.6. The lowest BCUT2D eigenvalue weighted by atomic mass is 9.80. The molecule has 4 rings (SSSR count). The number of thiocarbonyl (C=S) groups is 1. The van der Waals surface area contributed by atoms with Gasteiger partial charge in [0.1, 0.15) is 30.5 Å². The molecule has 16 atom stereocenters. The van der Waals surface area contributed by atoms with Crippen molar-refractivity contribution in [2.75, 3.05) is 80.7 Å². The molecule has 0 aromatic rings. The fourth-order valence-corrected chi connectivity index (χ4v) is 11.2. The number of nitrogens with one attached hydrogen (secondary N) is 1. The molecule has 80 heavy (non-hydrogen) atoms. The Kier molecular flexibility index (Phi) is 30.6. The summed E-state index contributed by atoms with van der Waals surface area (Å²) >= 11 is 5.52. The van der Waals surface area contributed by atoms with Gasteiger partial charge in [-0.2, -0.15) is 0 Å². The number of nitrogens with zero attached hydrogens (tertiary/aromatic N) is 1. The van der Waals surface area contributed by atoms with E-state index in [0.717, 1.165) is 10.5 Å². The minimum Gasteiger partial charge on any atom is -0.465 e. The molecule has 3 aliphatic heterocycles. The zero-order valence-electron chi connectivity index (χ0n) is 49.0. The standard InChI is InChI=1S/C59H97N3O17S/c1-37-15-11-10-12-16-38(2)49(72-8)35-44-20-18-42(6)59(70,79-44)55(67)56(68)62-23-14-13-17-46(62)57(69)77-50(36-47(63)39(3)32-41(5)53(65)54(66)52(64)40(4)31-37)45(60)33-43-19-21-48(51(34-43)73-9)78-58(80)61-22-24-74-27-28-76-30-29-75-26-25-71-7/h10-12,15-16,32,37,39-40,42-51,53-54,63,65-66,70H,13-14,17-31,33-36,60H2,1-9H3,(H,61,80)/b12-10+,15-11+,38-16+,41-32+/t37-,39-,40-,42-,43?,44+,45-,46+,47-,48-,49+,50+,51-,53-,54+,59-/m1/s1. The van der Waals surface area contributed by atoms with Gasteiger partial charge in [-0.05, 0) is 113 Å². The number of hydrogen-bond acceptors (Lipinski definition) is 19. The Hall–Kier alpha value is -3.55. The van der Waals surface area contributed by atoms with Gasteiger partial charge in [-0.25, -0.2) is 4.79 Å². The Labute approximate surface area is 480 Å². The predicted molar refractivity (Wildman–Crippen MR) is 304 cm³/mol. The van der Waals surface area contributed by atoms with Crippen molar-refractivity contribution < 1.29 is 82.2 Å². The van der Waals surface area contributed by atoms with Crippen molar-refractivity contribution in [3.8, 4) is 0 Å². The highest BCUT2D eigenvalue weighted by molar-refractivity contribution is 7.80. The van der Waals surface area contributed by atoms with Gasteiger partial charge in [0, 0.05) is 71.1 Å². The topological polar surface area (TPSA) is 274 Å². The fourth-order valence-electron chi connectivity index (χ4n) is 11.0. The third kappa shape index (κ3) is 21.6. The van der Waals surface area contributed by atoms with E-state index >= 15 is 0 Å². The lowest BCUT2D eigenvalue weighted by Gasteiger charge is -2.43. The molecule has 3 fully saturated rings. The number of cyclic esters (lactones) is 1. The number of esters is 1. The summed E-state index contributed by atoms with van der Waals surface area (Å²) in [6.07, 6.45) is 8.31. The molecule has 4 aliphatic rings. The number of carbonyl (C=O) groups is 4. The van der Waals surface area contributed by atoms with Crippen molar-refractivity contribution in [3.05, 3.63) is 47.6 Å². The number of piperidine rings is 1. The van der Waals surface area contributed by atoms with Gasteiger partial charge < -0.3 is 79.0 Å². The number of fused-ring (bicyclic) bond motifs is 3. The van der Waals surface area contributed by atoms with E-state index < -0.39 is 95.7 Å². The summed E-state index contributed by atoms with van der Waals surface area (Å²) in [5, 5.41) is 49.6. The van der Waals surface area contributed by atoms with Crippen LogP contribution in [0.4, 0.5) is 0 Å². The van der Waals surface area contributed by atoms with Crippen LogP contribution in [0.25, 0.3) is 0 Å². The van der Waals surface area contributed by atoms with Crippen LogP contribution in [0.2, 0.25) is 0 Å². The molecule has 1 aliphatic carbocycles. The Balaban J connectivity index is 1.53. The summed E-state index contributed by atoms with van der Waals surface area (Å²) in [5.74, 6) is -8.13. The van der Waals surface area contributed by atoms with Crippen molar-refractivity contribution in [2.24, 2.45) is 35.3 Å². The van der Waals surface area contributed by atoms with Crippen molar-refractivity contribution in [1.29, 1.82) is 0 Å². The van der Waals surface area contributed by atoms with Crippen LogP contribution >= 0.6 is 12.2 Å². The van der Waals surface area contributed by atoms with E-state index in [0.29, 0.717) is 111 Å². The van der Waals surface area contributed by atoms with Gasteiger partial charge in [-0.3, -0.25) is 14.4 Å². The summed E-state index contributed by atoms with van der Waals surface area (Å²) in [7, 11) is 4.78. The van der Waals surface area contributed by atoms with Crippen LogP contribution in [0.3, 0.4) is 0 Å². The number of amides is 1. The molecule has 1 amide bonds. The molecular formula is C59H97N3O17S. The van der Waals surface area contributed by atoms with E-state index in [2.05, 4.69) is 5.32 Å². The van der Waals surface area contributed by atoms with Gasteiger partial charge in [-0.15, -0.1) is 0 Å². The van der Waals surface area contributed by atoms with Crippen molar-refractivity contribution in [1.82, 2.24) is 10.2 Å². The van der Waals surface area contributed by atoms with Crippen LogP contribution in [0.5, 0.6) is 0 Å². The SMILES string of the molecule is COCCOCCOCCOCCNC(=S)O[C@@H]1CCC(C[C@@H](N)[C@@H]2C[C@@H](O)[C@H](C)/C=C(\C)[C@@H](O)[C@@H](O)C(=O)[C@H](C)C[C@H](C)/C=C/C=C/C=C(\C)[C@@H](OC)C[C@@H]3CC[C@@H](C)[C@@](O)(O3)C(=O)C(=O)N3CCCC[C@H]3C(=O)O2)C[C@H]1OC. The lowest BCUT2D eigenvalue weighted by Crippen LogP contribution is -2.61. The average molecular weight is 1150 g/mol. The summed E-state index contributed by atoms with van der Waals surface area (Å²) in [4.78, 5) is 57.9. The van der Waals surface area contributed by atoms with Crippen molar-refractivity contribution in [3.63, 3.8) is 0 Å². The molecule has 0 radical (unpaired) electrons. The highest BCUT2D eigenvalue weighted by atomic mass is 32.1. The van der Waals surface area contributed by atoms with E-state index in [4.69, 9.17) is 60.6 Å². The normalized spacial score (nSPS) is 35.9. The number of aliphatic hydroxyl groups excluding tert-OH is 3. The Bertz CT molecular complexity index is 2060. The van der Waals surface area contributed by atoms with Crippen LogP contribution in [-0.2, 0) is 61.8 Å². The maximum atomic E-state index is 14.6. The van der Waals surface area contributed by atoms with E-state index in [1.807, 2.05) is 44.2 Å². The van der Waals surface area contributed by atoms with Gasteiger partial charge in [0.25, 0.3) is 16.9 Å². The Morgan fingerprint density at radius 3 is 2.16 bits per heavy atom. The minimum atomic E-state index is -2.47. The molecule has 2 bridgehead atoms. The van der Waals surface area contributed by atoms with Gasteiger partial charge in [-0.1, -0.05) is 64.2 Å². The molecular weight excluding hydrogens is 1050 g/mol. The largest absolute Gasteiger partial charge is 0.465 e. The molecule has 3 heterocycles. The second-order valence-corrected chi connectivity index (χ2v) is 22.8. The molecule has 0 aromatic heterocycles. The van der Waals surface area contributed by atoms with Crippen molar-refractivity contribution in [2.45, 2.75) is 185 Å². The highest BCUT2D eigenvalue weighted by Gasteiger charge is 2.53. The number of ether oxygens (including phenoxy) is 9. The molecule has 1 unspecified atom stereocenters. The summed E-state index contributed by atoms with van der Waals surface area (Å²) in [6, 6.07) is -2.05. The molecule has 7 N–H and O–H groups in total. The van der Waals surface area contributed by atoms with Crippen molar-refractivity contribution >= 4 is 40.8 Å². The molecule has 456 valence electrons. The number of allylic oxidation sites excluding steroid dienone is 5. The maximum Gasteiger partial charge on any atom is 0.329 e. The first-order chi connectivity index (χ1) is 38.1. The number of rotatable bonds is 18. The van der Waals surface area contributed by atoms with Gasteiger partial charge >= 0.3 is 5.97 Å². The van der Waals surface area contributed by atoms with Gasteiger partial charge in [0.2, 0.25) is 5.79 Å². The highest BCUT2D eigenvalue weighted by Crippen LogP contribution is 2.37. The lowest BCUT2D eigenvalue weighted by molar-refractivity contribution is -0.265. The third-order valence-electron chi connectivity index (χ3n) is 16.1. The number of methoxy groups -OCH3 is 3. The van der Waals surface area contributed by atoms with Crippen LogP contribution in [0.15, 0.2) is 47.6 Å². The number of Topliss-reactive ketones (excluding diaryl/α,β-unsaturated/α-hetero) is 2. The minimum absolute atomic E-state index is 0.0344. The van der Waals surface area contributed by atoms with Crippen LogP contribution < -0.4 is 11.1 Å². The number of ketones is 2. The number of aliphatic hydroxyl groups is 4. The predicted octanol–water partition coefficient (Wildman–Crippen LogP) is 4.60. The summed E-state index contributed by atoms with van der Waals surface area (Å²) < 4.78 is 51.8. The van der Waals surface area contributed by atoms with Gasteiger partial charge in [0.05, 0.1) is 70.7 Å². The van der Waals surface area contributed by atoms with Crippen LogP contribution in [0.1, 0.15) is 119 Å². The molecule has 0 aromatic carbocycles. The van der Waals surface area contributed by atoms with E-state index in [-0.39, 0.29) is 60.6 Å². The number of carbonyl (C=O) groups excluding carboxylic acids is 4. The van der Waals surface area contributed by atoms with E-state index in [1.54, 1.807) is 55.1 Å². The number of nitrogens with two attached hydrogens (primary N) is 1. The molecule has 2 saturated heterocycles. The first-order valence-corrected chi connectivity index (χ1v) is 29.3. The van der Waals surface area contributed by atoms with Gasteiger partial charge in [0.15, 0.2) is 5.78 Å². The molecule has 1 saturated carbocycles. The van der Waals surface area contributed by atoms with E-state index in [9.17, 15) is 39.6 Å². The Morgan fingerprint density at radius 1 is 0.800 bits per heavy atom. The molecule has 0 spiro atoms. The average Bonchev–Trinajstić information content (AvgIpc) is 3.45. The second kappa shape index (κ2) is 35.6. The number of hydrogen-bond donors (Lipinski definition) is 6. The summed E-state index contributed by atoms with van der Waals surface area (Å²) in [5.41, 5.74) is 8.14. The molecule has 20 nitrogen and oxygen atoms in total. The first kappa shape index (κ1) is 68.9. The fraction of sp³-hybridized carbons (Fsp3) is 0.780. The van der Waals surface area contributed by atoms with Crippen LogP contribution in [0, 0.1) is 29.6 Å².